The molecule has 1 heterocycles. The van der Waals surface area contributed by atoms with E-state index in [0.29, 0.717) is 21.4 Å². The number of hydrogen-bond acceptors (Lipinski definition) is 5. The lowest BCUT2D eigenvalue weighted by Gasteiger charge is -2.11. The molecule has 0 saturated carbocycles. The molecule has 0 unspecified atom stereocenters. The second kappa shape index (κ2) is 5.58. The highest BCUT2D eigenvalue weighted by molar-refractivity contribution is 9.10. The van der Waals surface area contributed by atoms with Crippen LogP contribution < -0.4 is 10.5 Å². The van der Waals surface area contributed by atoms with Crippen LogP contribution in [-0.4, -0.2) is 13.4 Å². The first kappa shape index (κ1) is 14.4. The van der Waals surface area contributed by atoms with Gasteiger partial charge in [0.05, 0.1) is 22.6 Å². The minimum Gasteiger partial charge on any atom is -0.398 e. The van der Waals surface area contributed by atoms with Gasteiger partial charge in [-0.25, -0.2) is 18.1 Å². The van der Waals surface area contributed by atoms with Crippen LogP contribution in [0, 0.1) is 6.92 Å². The molecule has 0 bridgehead atoms. The average molecular weight is 362 g/mol. The summed E-state index contributed by atoms with van der Waals surface area (Å²) in [5.74, 6) is 0. The third-order valence-corrected chi connectivity index (χ3v) is 5.20. The fourth-order valence-corrected chi connectivity index (χ4v) is 4.01. The number of nitrogens with zero attached hydrogens (tertiary/aromatic N) is 1. The Kier molecular flexibility index (Phi) is 4.24. The van der Waals surface area contributed by atoms with Crippen molar-refractivity contribution in [3.63, 3.8) is 0 Å². The lowest BCUT2D eigenvalue weighted by atomic mass is 10.2. The van der Waals surface area contributed by atoms with E-state index in [-0.39, 0.29) is 11.4 Å². The molecule has 19 heavy (non-hydrogen) atoms. The molecular formula is C11H12BrN3O2S2. The number of nitrogens with one attached hydrogen (secondary N) is 1. The van der Waals surface area contributed by atoms with Gasteiger partial charge in [0.25, 0.3) is 0 Å². The Labute approximate surface area is 124 Å². The van der Waals surface area contributed by atoms with Crippen LogP contribution in [0.3, 0.4) is 0 Å². The minimum absolute atomic E-state index is 0.164. The number of nitrogen functional groups attached to an aromatic ring is 1. The summed E-state index contributed by atoms with van der Waals surface area (Å²) in [6.07, 6.45) is 0. The van der Waals surface area contributed by atoms with Crippen LogP contribution in [0.15, 0.2) is 32.4 Å². The first-order valence-corrected chi connectivity index (χ1v) is 8.54. The summed E-state index contributed by atoms with van der Waals surface area (Å²) in [6.45, 7) is 1.84. The van der Waals surface area contributed by atoms with Crippen molar-refractivity contribution >= 4 is 43.0 Å². The summed E-state index contributed by atoms with van der Waals surface area (Å²) in [6, 6.07) is 3.21. The van der Waals surface area contributed by atoms with Crippen molar-refractivity contribution in [3.8, 4) is 0 Å². The van der Waals surface area contributed by atoms with Gasteiger partial charge in [0.15, 0.2) is 0 Å². The van der Waals surface area contributed by atoms with Crippen LogP contribution in [-0.2, 0) is 16.6 Å². The zero-order valence-electron chi connectivity index (χ0n) is 10.1. The molecule has 1 aromatic carbocycles. The van der Waals surface area contributed by atoms with E-state index < -0.39 is 10.0 Å². The van der Waals surface area contributed by atoms with Crippen molar-refractivity contribution < 1.29 is 8.42 Å². The van der Waals surface area contributed by atoms with Crippen molar-refractivity contribution in [1.29, 1.82) is 0 Å². The zero-order chi connectivity index (χ0) is 14.0. The maximum Gasteiger partial charge on any atom is 0.241 e. The van der Waals surface area contributed by atoms with E-state index in [9.17, 15) is 8.42 Å². The quantitative estimate of drug-likeness (QED) is 0.818. The number of sulfonamides is 1. The van der Waals surface area contributed by atoms with Crippen molar-refractivity contribution in [1.82, 2.24) is 9.71 Å². The van der Waals surface area contributed by atoms with E-state index >= 15 is 0 Å². The number of thiazole rings is 1. The average Bonchev–Trinajstić information content (AvgIpc) is 2.84. The standard InChI is InChI=1S/C11H12BrN3O2S2/c1-7-10(13)2-8(12)3-11(7)19(16,17)15-4-9-5-18-6-14-9/h2-3,5-6,15H,4,13H2,1H3. The van der Waals surface area contributed by atoms with E-state index in [1.807, 2.05) is 0 Å². The highest BCUT2D eigenvalue weighted by Gasteiger charge is 2.19. The van der Waals surface area contributed by atoms with E-state index in [0.717, 1.165) is 0 Å². The minimum atomic E-state index is -3.61. The van der Waals surface area contributed by atoms with Crippen LogP contribution in [0.4, 0.5) is 5.69 Å². The number of aromatic nitrogens is 1. The molecule has 0 radical (unpaired) electrons. The first-order chi connectivity index (χ1) is 8.90. The Morgan fingerprint density at radius 3 is 2.84 bits per heavy atom. The van der Waals surface area contributed by atoms with Gasteiger partial charge in [0.2, 0.25) is 10.0 Å². The molecule has 0 amide bonds. The molecular weight excluding hydrogens is 350 g/mol. The molecule has 2 rings (SSSR count). The van der Waals surface area contributed by atoms with Crippen LogP contribution in [0.5, 0.6) is 0 Å². The second-order valence-electron chi connectivity index (χ2n) is 3.92. The van der Waals surface area contributed by atoms with Crippen LogP contribution in [0.2, 0.25) is 0 Å². The van der Waals surface area contributed by atoms with E-state index in [1.54, 1.807) is 23.9 Å². The molecule has 0 aliphatic carbocycles. The van der Waals surface area contributed by atoms with E-state index in [1.165, 1.54) is 17.4 Å². The van der Waals surface area contributed by atoms with E-state index in [4.69, 9.17) is 5.73 Å². The fourth-order valence-electron chi connectivity index (χ4n) is 1.52. The Morgan fingerprint density at radius 1 is 1.47 bits per heavy atom. The number of anilines is 1. The van der Waals surface area contributed by atoms with Gasteiger partial charge >= 0.3 is 0 Å². The lowest BCUT2D eigenvalue weighted by molar-refractivity contribution is 0.580. The van der Waals surface area contributed by atoms with Crippen molar-refractivity contribution in [3.05, 3.63) is 38.8 Å². The maximum absolute atomic E-state index is 12.2. The van der Waals surface area contributed by atoms with Gasteiger partial charge in [-0.15, -0.1) is 11.3 Å². The Hall–Kier alpha value is -0.960. The molecule has 5 nitrogen and oxygen atoms in total. The molecule has 0 atom stereocenters. The Morgan fingerprint density at radius 2 is 2.21 bits per heavy atom. The van der Waals surface area contributed by atoms with Crippen molar-refractivity contribution in [2.24, 2.45) is 0 Å². The molecule has 0 aliphatic heterocycles. The number of halogens is 1. The van der Waals surface area contributed by atoms with Gasteiger partial charge in [-0.1, -0.05) is 15.9 Å². The predicted octanol–water partition coefficient (Wildman–Crippen LogP) is 2.27. The van der Waals surface area contributed by atoms with Crippen molar-refractivity contribution in [2.45, 2.75) is 18.4 Å². The number of hydrogen-bond donors (Lipinski definition) is 2. The first-order valence-electron chi connectivity index (χ1n) is 5.32. The van der Waals surface area contributed by atoms with Crippen LogP contribution >= 0.6 is 27.3 Å². The Bertz CT molecular complexity index is 684. The van der Waals surface area contributed by atoms with Gasteiger partial charge in [-0.05, 0) is 24.6 Å². The highest BCUT2D eigenvalue weighted by Crippen LogP contribution is 2.26. The summed E-state index contributed by atoms with van der Waals surface area (Å²) in [4.78, 5) is 4.20. The highest BCUT2D eigenvalue weighted by atomic mass is 79.9. The van der Waals surface area contributed by atoms with Crippen molar-refractivity contribution in [2.75, 3.05) is 5.73 Å². The van der Waals surface area contributed by atoms with Gasteiger partial charge < -0.3 is 5.73 Å². The third kappa shape index (κ3) is 3.33. The van der Waals surface area contributed by atoms with E-state index in [2.05, 4.69) is 25.6 Å². The topological polar surface area (TPSA) is 85.1 Å². The monoisotopic (exact) mass is 361 g/mol. The molecule has 102 valence electrons. The number of rotatable bonds is 4. The molecule has 0 saturated heterocycles. The third-order valence-electron chi connectivity index (χ3n) is 2.58. The molecule has 8 heteroatoms. The summed E-state index contributed by atoms with van der Waals surface area (Å²) in [5, 5.41) is 1.80. The fraction of sp³-hybridized carbons (Fsp3) is 0.182. The molecule has 3 N–H and O–H groups in total. The smallest absolute Gasteiger partial charge is 0.241 e. The SMILES string of the molecule is Cc1c(N)cc(Br)cc1S(=O)(=O)NCc1cscn1. The maximum atomic E-state index is 12.2. The van der Waals surface area contributed by atoms with Crippen LogP contribution in [0.1, 0.15) is 11.3 Å². The second-order valence-corrected chi connectivity index (χ2v) is 7.29. The summed E-state index contributed by atoms with van der Waals surface area (Å²) < 4.78 is 27.6. The van der Waals surface area contributed by atoms with Gasteiger partial charge in [0, 0.05) is 15.5 Å². The molecule has 0 aliphatic rings. The zero-order valence-corrected chi connectivity index (χ0v) is 13.3. The predicted molar refractivity (Wildman–Crippen MR) is 79.4 cm³/mol. The van der Waals surface area contributed by atoms with Crippen LogP contribution in [0.25, 0.3) is 0 Å². The molecule has 2 aromatic rings. The number of benzene rings is 1. The summed E-state index contributed by atoms with van der Waals surface area (Å²) >= 11 is 4.67. The molecule has 0 spiro atoms. The lowest BCUT2D eigenvalue weighted by Crippen LogP contribution is -2.24. The number of nitrogens with two attached hydrogens (primary N) is 1. The summed E-state index contributed by atoms with van der Waals surface area (Å²) in [5.41, 5.74) is 9.09. The van der Waals surface area contributed by atoms with Gasteiger partial charge in [0.1, 0.15) is 0 Å². The summed E-state index contributed by atoms with van der Waals surface area (Å²) in [7, 11) is -3.61. The van der Waals surface area contributed by atoms with Gasteiger partial charge in [-0.3, -0.25) is 0 Å². The largest absolute Gasteiger partial charge is 0.398 e. The molecule has 1 aromatic heterocycles. The normalized spacial score (nSPS) is 11.7. The molecule has 0 fully saturated rings. The Balaban J connectivity index is 2.29. The van der Waals surface area contributed by atoms with Gasteiger partial charge in [-0.2, -0.15) is 0 Å².